The van der Waals surface area contributed by atoms with Gasteiger partial charge in [0.05, 0.1) is 6.54 Å². The Morgan fingerprint density at radius 3 is 2.19 bits per heavy atom. The number of nitrogens with one attached hydrogen (secondary N) is 2. The first-order valence-corrected chi connectivity index (χ1v) is 10.4. The number of anilines is 2. The first-order chi connectivity index (χ1) is 15.3. The van der Waals surface area contributed by atoms with Crippen LogP contribution in [0.2, 0.25) is 0 Å². The highest BCUT2D eigenvalue weighted by molar-refractivity contribution is 5.99. The average molecular weight is 430 g/mol. The number of rotatable bonds is 8. The maximum Gasteiger partial charge on any atom is 0.246 e. The second-order valence-electron chi connectivity index (χ2n) is 7.77. The second kappa shape index (κ2) is 10.5. The monoisotopic (exact) mass is 429 g/mol. The predicted molar refractivity (Wildman–Crippen MR) is 127 cm³/mol. The zero-order valence-electron chi connectivity index (χ0n) is 18.5. The molecule has 3 aromatic rings. The van der Waals surface area contributed by atoms with Crippen molar-refractivity contribution in [3.8, 4) is 0 Å². The molecule has 2 amide bonds. The molecule has 1 atom stereocenters. The molecule has 2 N–H and O–H groups in total. The summed E-state index contributed by atoms with van der Waals surface area (Å²) in [7, 11) is 1.73. The lowest BCUT2D eigenvalue weighted by Crippen LogP contribution is -2.39. The zero-order valence-corrected chi connectivity index (χ0v) is 18.5. The zero-order chi connectivity index (χ0) is 23.1. The maximum atomic E-state index is 13.2. The van der Waals surface area contributed by atoms with Gasteiger partial charge in [0, 0.05) is 16.9 Å². The van der Waals surface area contributed by atoms with Crippen LogP contribution in [-0.4, -0.2) is 36.1 Å². The number of Topliss-reactive ketones (excluding diaryl/α,β-unsaturated/α-hetero) is 1. The van der Waals surface area contributed by atoms with E-state index in [1.54, 1.807) is 36.2 Å². The third-order valence-electron chi connectivity index (χ3n) is 5.07. The number of carbonyl (C=O) groups excluding carboxylic acids is 3. The number of aryl methyl sites for hydroxylation is 1. The number of nitrogens with zero attached hydrogens (tertiary/aromatic N) is 1. The Kier molecular flexibility index (Phi) is 7.52. The minimum atomic E-state index is -0.694. The van der Waals surface area contributed by atoms with Gasteiger partial charge in [-0.2, -0.15) is 0 Å². The Hall–Kier alpha value is -3.77. The van der Waals surface area contributed by atoms with Crippen LogP contribution in [-0.2, 0) is 9.59 Å². The van der Waals surface area contributed by atoms with Gasteiger partial charge >= 0.3 is 0 Å². The second-order valence-corrected chi connectivity index (χ2v) is 7.77. The van der Waals surface area contributed by atoms with Crippen LogP contribution in [0.15, 0.2) is 78.9 Å². The van der Waals surface area contributed by atoms with E-state index in [-0.39, 0.29) is 24.1 Å². The van der Waals surface area contributed by atoms with Crippen LogP contribution < -0.4 is 10.6 Å². The fourth-order valence-corrected chi connectivity index (χ4v) is 3.42. The molecule has 0 aliphatic heterocycles. The lowest BCUT2D eigenvalue weighted by atomic mass is 10.0. The number of ketones is 1. The van der Waals surface area contributed by atoms with E-state index in [9.17, 15) is 14.4 Å². The van der Waals surface area contributed by atoms with Gasteiger partial charge in [0.25, 0.3) is 0 Å². The topological polar surface area (TPSA) is 78.5 Å². The molecular formula is C26H27N3O3. The maximum absolute atomic E-state index is 13.2. The average Bonchev–Trinajstić information content (AvgIpc) is 2.76. The van der Waals surface area contributed by atoms with Crippen LogP contribution in [0.1, 0.15) is 34.5 Å². The van der Waals surface area contributed by atoms with Crippen LogP contribution in [0, 0.1) is 6.92 Å². The van der Waals surface area contributed by atoms with E-state index in [2.05, 4.69) is 10.6 Å². The van der Waals surface area contributed by atoms with Crippen molar-refractivity contribution in [3.63, 3.8) is 0 Å². The largest absolute Gasteiger partial charge is 0.325 e. The van der Waals surface area contributed by atoms with Crippen molar-refractivity contribution in [1.29, 1.82) is 0 Å². The quantitative estimate of drug-likeness (QED) is 0.519. The minimum absolute atomic E-state index is 0.0222. The molecule has 0 aliphatic carbocycles. The molecule has 3 aromatic carbocycles. The molecular weight excluding hydrogens is 402 g/mol. The SMILES string of the molecule is CC(=O)c1cccc(NC(=O)C(c2ccccc2)N(C)CC(=O)Nc2ccc(C)cc2)c1. The number of hydrogen-bond donors (Lipinski definition) is 2. The summed E-state index contributed by atoms with van der Waals surface area (Å²) < 4.78 is 0. The number of hydrogen-bond acceptors (Lipinski definition) is 4. The standard InChI is InChI=1S/C26H27N3O3/c1-18-12-14-22(15-13-18)27-24(31)17-29(3)25(20-8-5-4-6-9-20)26(32)28-23-11-7-10-21(16-23)19(2)30/h4-16,25H,17H2,1-3H3,(H,27,31)(H,28,32). The van der Waals surface area contributed by atoms with Crippen molar-refractivity contribution in [3.05, 3.63) is 95.6 Å². The third-order valence-corrected chi connectivity index (χ3v) is 5.07. The third kappa shape index (κ3) is 6.12. The molecule has 0 saturated carbocycles. The van der Waals surface area contributed by atoms with Crippen molar-refractivity contribution in [2.24, 2.45) is 0 Å². The van der Waals surface area contributed by atoms with Gasteiger partial charge in [-0.1, -0.05) is 60.2 Å². The molecule has 0 heterocycles. The summed E-state index contributed by atoms with van der Waals surface area (Å²) in [6.45, 7) is 3.48. The Bertz CT molecular complexity index is 1090. The molecule has 0 spiro atoms. The number of amides is 2. The van der Waals surface area contributed by atoms with Gasteiger partial charge in [0.15, 0.2) is 5.78 Å². The van der Waals surface area contributed by atoms with Gasteiger partial charge in [0.1, 0.15) is 6.04 Å². The minimum Gasteiger partial charge on any atom is -0.325 e. The fourth-order valence-electron chi connectivity index (χ4n) is 3.42. The predicted octanol–water partition coefficient (Wildman–Crippen LogP) is 4.45. The first kappa shape index (κ1) is 22.9. The van der Waals surface area contributed by atoms with Crippen LogP contribution in [0.5, 0.6) is 0 Å². The molecule has 0 radical (unpaired) electrons. The van der Waals surface area contributed by atoms with E-state index in [1.807, 2.05) is 61.5 Å². The van der Waals surface area contributed by atoms with E-state index in [0.29, 0.717) is 16.9 Å². The van der Waals surface area contributed by atoms with E-state index in [0.717, 1.165) is 11.1 Å². The number of carbonyl (C=O) groups is 3. The van der Waals surface area contributed by atoms with Crippen LogP contribution in [0.25, 0.3) is 0 Å². The fraction of sp³-hybridized carbons (Fsp3) is 0.192. The number of likely N-dealkylation sites (N-methyl/N-ethyl adjacent to an activating group) is 1. The summed E-state index contributed by atoms with van der Waals surface area (Å²) in [4.78, 5) is 39.2. The van der Waals surface area contributed by atoms with Gasteiger partial charge in [-0.05, 0) is 50.7 Å². The van der Waals surface area contributed by atoms with Gasteiger partial charge in [-0.15, -0.1) is 0 Å². The van der Waals surface area contributed by atoms with Crippen LogP contribution in [0.4, 0.5) is 11.4 Å². The van der Waals surface area contributed by atoms with Gasteiger partial charge < -0.3 is 10.6 Å². The highest BCUT2D eigenvalue weighted by Crippen LogP contribution is 2.22. The molecule has 6 nitrogen and oxygen atoms in total. The van der Waals surface area contributed by atoms with E-state index < -0.39 is 6.04 Å². The lowest BCUT2D eigenvalue weighted by molar-refractivity contribution is -0.123. The highest BCUT2D eigenvalue weighted by atomic mass is 16.2. The first-order valence-electron chi connectivity index (χ1n) is 10.4. The van der Waals surface area contributed by atoms with Crippen molar-refractivity contribution >= 4 is 29.0 Å². The molecule has 32 heavy (non-hydrogen) atoms. The molecule has 0 aromatic heterocycles. The molecule has 0 fully saturated rings. The van der Waals surface area contributed by atoms with E-state index >= 15 is 0 Å². The van der Waals surface area contributed by atoms with Gasteiger partial charge in [-0.3, -0.25) is 19.3 Å². The van der Waals surface area contributed by atoms with Gasteiger partial charge in [-0.25, -0.2) is 0 Å². The van der Waals surface area contributed by atoms with Crippen LogP contribution >= 0.6 is 0 Å². The summed E-state index contributed by atoms with van der Waals surface area (Å²) in [6, 6.07) is 22.9. The van der Waals surface area contributed by atoms with Gasteiger partial charge in [0.2, 0.25) is 11.8 Å². The number of benzene rings is 3. The highest BCUT2D eigenvalue weighted by Gasteiger charge is 2.27. The van der Waals surface area contributed by atoms with Crippen molar-refractivity contribution in [2.45, 2.75) is 19.9 Å². The Morgan fingerprint density at radius 1 is 0.844 bits per heavy atom. The summed E-state index contributed by atoms with van der Waals surface area (Å²) in [5, 5.41) is 5.75. The summed E-state index contributed by atoms with van der Waals surface area (Å²) in [6.07, 6.45) is 0. The van der Waals surface area contributed by atoms with Crippen molar-refractivity contribution in [1.82, 2.24) is 4.90 Å². The lowest BCUT2D eigenvalue weighted by Gasteiger charge is -2.27. The smallest absolute Gasteiger partial charge is 0.246 e. The molecule has 0 aliphatic rings. The normalized spacial score (nSPS) is 11.6. The van der Waals surface area contributed by atoms with Crippen molar-refractivity contribution in [2.75, 3.05) is 24.2 Å². The molecule has 3 rings (SSSR count). The van der Waals surface area contributed by atoms with E-state index in [1.165, 1.54) is 6.92 Å². The van der Waals surface area contributed by atoms with Crippen molar-refractivity contribution < 1.29 is 14.4 Å². The van der Waals surface area contributed by atoms with Crippen LogP contribution in [0.3, 0.4) is 0 Å². The molecule has 0 saturated heterocycles. The summed E-state index contributed by atoms with van der Waals surface area (Å²) in [5.74, 6) is -0.586. The Balaban J connectivity index is 1.77. The Labute approximate surface area is 188 Å². The molecule has 1 unspecified atom stereocenters. The summed E-state index contributed by atoms with van der Waals surface area (Å²) in [5.41, 5.74) is 3.62. The molecule has 164 valence electrons. The Morgan fingerprint density at radius 2 is 1.53 bits per heavy atom. The van der Waals surface area contributed by atoms with E-state index in [4.69, 9.17) is 0 Å². The summed E-state index contributed by atoms with van der Waals surface area (Å²) >= 11 is 0. The molecule has 0 bridgehead atoms. The molecule has 6 heteroatoms.